The first-order chi connectivity index (χ1) is 16.8. The van der Waals surface area contributed by atoms with Crippen molar-refractivity contribution in [2.45, 2.75) is 131 Å². The van der Waals surface area contributed by atoms with Gasteiger partial charge in [-0.1, -0.05) is 48.0 Å². The number of ketones is 1. The Kier molecular flexibility index (Phi) is 8.78. The van der Waals surface area contributed by atoms with Gasteiger partial charge in [0.1, 0.15) is 11.4 Å². The van der Waals surface area contributed by atoms with Crippen LogP contribution >= 0.6 is 0 Å². The summed E-state index contributed by atoms with van der Waals surface area (Å²) in [5, 5.41) is 3.34. The summed E-state index contributed by atoms with van der Waals surface area (Å²) in [6, 6.07) is 0. The fourth-order valence-corrected chi connectivity index (χ4v) is 8.63. The van der Waals surface area contributed by atoms with E-state index < -0.39 is 13.9 Å². The van der Waals surface area contributed by atoms with Crippen molar-refractivity contribution in [1.29, 1.82) is 0 Å². The molecule has 0 aromatic heterocycles. The highest BCUT2D eigenvalue weighted by molar-refractivity contribution is 6.74. The van der Waals surface area contributed by atoms with Gasteiger partial charge in [0.05, 0.1) is 0 Å². The van der Waals surface area contributed by atoms with Gasteiger partial charge in [-0.05, 0) is 106 Å². The molecule has 214 valence electrons. The number of nitrogens with one attached hydrogen (secondary N) is 1. The Morgan fingerprint density at radius 3 is 2.27 bits per heavy atom. The molecule has 0 heterocycles. The zero-order valence-corrected chi connectivity index (χ0v) is 26.9. The smallest absolute Gasteiger partial charge is 0.407 e. The number of ether oxygens (including phenoxy) is 1. The lowest BCUT2D eigenvalue weighted by atomic mass is 9.49. The van der Waals surface area contributed by atoms with Gasteiger partial charge in [-0.25, -0.2) is 4.79 Å². The minimum absolute atomic E-state index is 0.141. The molecule has 7 atom stereocenters. The molecular weight excluding hydrogens is 478 g/mol. The summed E-state index contributed by atoms with van der Waals surface area (Å²) in [6.45, 7) is 25.9. The van der Waals surface area contributed by atoms with Crippen molar-refractivity contribution in [3.05, 3.63) is 0 Å². The zero-order chi connectivity index (χ0) is 28.0. The molecule has 3 fully saturated rings. The van der Waals surface area contributed by atoms with E-state index in [0.717, 1.165) is 25.9 Å². The summed E-state index contributed by atoms with van der Waals surface area (Å²) in [5.74, 6) is 2.71. The van der Waals surface area contributed by atoms with Gasteiger partial charge in [0, 0.05) is 25.0 Å². The lowest BCUT2D eigenvalue weighted by Crippen LogP contribution is -2.54. The van der Waals surface area contributed by atoms with Crippen molar-refractivity contribution in [3.8, 4) is 0 Å². The van der Waals surface area contributed by atoms with Crippen LogP contribution in [0.5, 0.6) is 0 Å². The monoisotopic (exact) mass is 535 g/mol. The fourth-order valence-electron chi connectivity index (χ4n) is 7.58. The second-order valence-electron chi connectivity index (χ2n) is 15.8. The first-order valence-corrected chi connectivity index (χ1v) is 17.8. The summed E-state index contributed by atoms with van der Waals surface area (Å²) in [7, 11) is -1.85. The van der Waals surface area contributed by atoms with Crippen LogP contribution in [0.4, 0.5) is 4.79 Å². The van der Waals surface area contributed by atoms with Crippen molar-refractivity contribution < 1.29 is 18.8 Å². The number of rotatable bonds is 6. The molecule has 5 nitrogen and oxygen atoms in total. The first-order valence-electron chi connectivity index (χ1n) is 14.9. The van der Waals surface area contributed by atoms with E-state index >= 15 is 0 Å². The minimum Gasteiger partial charge on any atom is -0.444 e. The van der Waals surface area contributed by atoms with Crippen LogP contribution in [-0.4, -0.2) is 38.9 Å². The van der Waals surface area contributed by atoms with Crippen molar-refractivity contribution in [1.82, 2.24) is 5.32 Å². The van der Waals surface area contributed by atoms with E-state index in [9.17, 15) is 9.59 Å². The highest BCUT2D eigenvalue weighted by atomic mass is 28.4. The molecular formula is C31H57NO4Si. The van der Waals surface area contributed by atoms with Gasteiger partial charge in [0.15, 0.2) is 8.32 Å². The Morgan fingerprint density at radius 1 is 1.03 bits per heavy atom. The molecule has 3 aliphatic rings. The topological polar surface area (TPSA) is 64.6 Å². The summed E-state index contributed by atoms with van der Waals surface area (Å²) in [6.07, 6.45) is 6.97. The molecule has 0 aromatic rings. The van der Waals surface area contributed by atoms with Crippen LogP contribution < -0.4 is 5.32 Å². The molecule has 1 N–H and O–H groups in total. The Hall–Kier alpha value is -0.883. The number of hydrogen-bond acceptors (Lipinski definition) is 4. The van der Waals surface area contributed by atoms with Gasteiger partial charge >= 0.3 is 6.09 Å². The van der Waals surface area contributed by atoms with Crippen LogP contribution in [0.3, 0.4) is 0 Å². The van der Waals surface area contributed by atoms with E-state index in [0.29, 0.717) is 42.4 Å². The van der Waals surface area contributed by atoms with E-state index in [-0.39, 0.29) is 27.9 Å². The largest absolute Gasteiger partial charge is 0.444 e. The highest BCUT2D eigenvalue weighted by Gasteiger charge is 2.58. The van der Waals surface area contributed by atoms with Crippen LogP contribution in [0, 0.1) is 40.4 Å². The van der Waals surface area contributed by atoms with E-state index in [4.69, 9.17) is 9.16 Å². The molecule has 0 bridgehead atoms. The second-order valence-corrected chi connectivity index (χ2v) is 20.6. The molecule has 0 aliphatic heterocycles. The molecule has 0 aromatic carbocycles. The predicted octanol–water partition coefficient (Wildman–Crippen LogP) is 7.99. The predicted molar refractivity (Wildman–Crippen MR) is 154 cm³/mol. The number of amides is 1. The molecule has 1 amide bonds. The van der Waals surface area contributed by atoms with Crippen LogP contribution in [0.1, 0.15) is 107 Å². The van der Waals surface area contributed by atoms with Crippen LogP contribution in [0.2, 0.25) is 18.1 Å². The van der Waals surface area contributed by atoms with Crippen molar-refractivity contribution >= 4 is 20.2 Å². The third-order valence-corrected chi connectivity index (χ3v) is 15.6. The summed E-state index contributed by atoms with van der Waals surface area (Å²) in [4.78, 5) is 25.7. The van der Waals surface area contributed by atoms with Gasteiger partial charge in [0.2, 0.25) is 0 Å². The fraction of sp³-hybridized carbons (Fsp3) is 0.935. The van der Waals surface area contributed by atoms with Gasteiger partial charge < -0.3 is 14.5 Å². The Labute approximate surface area is 228 Å². The molecule has 0 radical (unpaired) electrons. The normalized spacial score (nSPS) is 37.3. The lowest BCUT2D eigenvalue weighted by molar-refractivity contribution is -0.134. The van der Waals surface area contributed by atoms with Crippen LogP contribution in [0.25, 0.3) is 0 Å². The summed E-state index contributed by atoms with van der Waals surface area (Å²) in [5.41, 5.74) is -0.629. The van der Waals surface area contributed by atoms with Crippen LogP contribution in [-0.2, 0) is 14.0 Å². The van der Waals surface area contributed by atoms with Gasteiger partial charge in [-0.3, -0.25) is 4.79 Å². The third kappa shape index (κ3) is 6.48. The van der Waals surface area contributed by atoms with Crippen molar-refractivity contribution in [3.63, 3.8) is 0 Å². The number of Topliss-reactive ketones (excluding diaryl/α,β-unsaturated/α-hetero) is 1. The standard InChI is InChI=1S/C31H57NO4Si/c1-21-14-16-30(8,22(18-21)20-35-37(10,11)29(5,6)7)25-15-17-31(9)24(12-13-26(31)33)23(25)19-32-27(34)36-28(2,3)4/h21-25H,12-20H2,1-11H3,(H,32,34)/t21-,22+,23-,24-,25-,30-,31-/m0/s1. The molecule has 37 heavy (non-hydrogen) atoms. The Balaban J connectivity index is 1.88. The minimum atomic E-state index is -1.85. The number of fused-ring (bicyclic) bond motifs is 1. The van der Waals surface area contributed by atoms with Crippen LogP contribution in [0.15, 0.2) is 0 Å². The molecule has 6 heteroatoms. The van der Waals surface area contributed by atoms with Crippen molar-refractivity contribution in [2.24, 2.45) is 40.4 Å². The van der Waals surface area contributed by atoms with Gasteiger partial charge in [-0.15, -0.1) is 0 Å². The molecule has 0 spiro atoms. The summed E-state index contributed by atoms with van der Waals surface area (Å²) < 4.78 is 12.5. The highest BCUT2D eigenvalue weighted by Crippen LogP contribution is 2.61. The van der Waals surface area contributed by atoms with E-state index in [1.807, 2.05) is 20.8 Å². The molecule has 0 unspecified atom stereocenters. The van der Waals surface area contributed by atoms with E-state index in [1.54, 1.807) is 0 Å². The maximum absolute atomic E-state index is 13.1. The average molecular weight is 536 g/mol. The molecule has 3 aliphatic carbocycles. The van der Waals surface area contributed by atoms with Gasteiger partial charge in [0.25, 0.3) is 0 Å². The maximum atomic E-state index is 13.1. The summed E-state index contributed by atoms with van der Waals surface area (Å²) >= 11 is 0. The molecule has 3 saturated carbocycles. The number of carbonyl (C=O) groups is 2. The first kappa shape index (κ1) is 30.7. The van der Waals surface area contributed by atoms with Gasteiger partial charge in [-0.2, -0.15) is 0 Å². The number of carbonyl (C=O) groups excluding carboxylic acids is 2. The SMILES string of the molecule is C[C@H]1CC[C@](C)([C@H]2CC[C@]3(C)C(=O)CC[C@H]3[C@@H]2CNC(=O)OC(C)(C)C)[C@@H](CO[Si](C)(C)C(C)(C)C)C1. The quantitative estimate of drug-likeness (QED) is 0.350. The number of hydrogen-bond donors (Lipinski definition) is 1. The maximum Gasteiger partial charge on any atom is 0.407 e. The average Bonchev–Trinajstić information content (AvgIpc) is 3.05. The Bertz CT molecular complexity index is 843. The molecule has 0 saturated heterocycles. The van der Waals surface area contributed by atoms with E-state index in [1.165, 1.54) is 19.3 Å². The number of alkyl carbamates (subject to hydrolysis) is 1. The van der Waals surface area contributed by atoms with E-state index in [2.05, 4.69) is 60.0 Å². The Morgan fingerprint density at radius 2 is 1.68 bits per heavy atom. The zero-order valence-electron chi connectivity index (χ0n) is 25.9. The molecule has 3 rings (SSSR count). The lowest BCUT2D eigenvalue weighted by Gasteiger charge is -2.57. The third-order valence-electron chi connectivity index (χ3n) is 11.1. The second kappa shape index (κ2) is 10.6. The van der Waals surface area contributed by atoms with Crippen molar-refractivity contribution in [2.75, 3.05) is 13.2 Å².